The Morgan fingerprint density at radius 2 is 1.93 bits per heavy atom. The Hall–Kier alpha value is -2.93. The SMILES string of the molecule is CCOc1ccccc1NC(=O)c1cc(C(=O)NCCCN(C)C)ccn1. The number of anilines is 1. The average Bonchev–Trinajstić information content (AvgIpc) is 2.66. The molecule has 2 rings (SSSR count). The molecule has 0 radical (unpaired) electrons. The standard InChI is InChI=1S/C20H26N4O3/c1-4-27-18-9-6-5-8-16(18)23-20(26)17-14-15(10-12-21-17)19(25)22-11-7-13-24(2)3/h5-6,8-10,12,14H,4,7,11,13H2,1-3H3,(H,22,25)(H,23,26). The van der Waals surface area contributed by atoms with Gasteiger partial charge in [-0.25, -0.2) is 0 Å². The van der Waals surface area contributed by atoms with Gasteiger partial charge in [-0.3, -0.25) is 14.6 Å². The third kappa shape index (κ3) is 6.38. The largest absolute Gasteiger partial charge is 0.492 e. The van der Waals surface area contributed by atoms with E-state index in [1.807, 2.05) is 33.2 Å². The Labute approximate surface area is 159 Å². The lowest BCUT2D eigenvalue weighted by Gasteiger charge is -2.12. The highest BCUT2D eigenvalue weighted by Gasteiger charge is 2.13. The van der Waals surface area contributed by atoms with Gasteiger partial charge in [-0.2, -0.15) is 0 Å². The summed E-state index contributed by atoms with van der Waals surface area (Å²) in [5, 5.41) is 5.63. The van der Waals surface area contributed by atoms with Gasteiger partial charge in [0.2, 0.25) is 0 Å². The highest BCUT2D eigenvalue weighted by atomic mass is 16.5. The smallest absolute Gasteiger partial charge is 0.274 e. The Bertz CT molecular complexity index is 777. The lowest BCUT2D eigenvalue weighted by Crippen LogP contribution is -2.27. The van der Waals surface area contributed by atoms with E-state index < -0.39 is 5.91 Å². The summed E-state index contributed by atoms with van der Waals surface area (Å²) in [6.07, 6.45) is 2.31. The van der Waals surface area contributed by atoms with Crippen molar-refractivity contribution < 1.29 is 14.3 Å². The first kappa shape index (κ1) is 20.4. The van der Waals surface area contributed by atoms with Crippen LogP contribution in [-0.4, -0.2) is 55.5 Å². The first-order valence-electron chi connectivity index (χ1n) is 8.93. The van der Waals surface area contributed by atoms with Crippen molar-refractivity contribution >= 4 is 17.5 Å². The molecule has 0 spiro atoms. The summed E-state index contributed by atoms with van der Waals surface area (Å²) < 4.78 is 5.50. The van der Waals surface area contributed by atoms with Crippen molar-refractivity contribution in [2.24, 2.45) is 0 Å². The number of para-hydroxylation sites is 2. The first-order chi connectivity index (χ1) is 13.0. The van der Waals surface area contributed by atoms with E-state index in [0.29, 0.717) is 30.2 Å². The molecule has 2 aromatic rings. The molecule has 144 valence electrons. The summed E-state index contributed by atoms with van der Waals surface area (Å²) in [5.41, 5.74) is 1.13. The Balaban J connectivity index is 2.02. The maximum atomic E-state index is 12.5. The van der Waals surface area contributed by atoms with Gasteiger partial charge in [0.1, 0.15) is 11.4 Å². The zero-order valence-electron chi connectivity index (χ0n) is 16.0. The predicted octanol–water partition coefficient (Wildman–Crippen LogP) is 2.41. The number of nitrogens with zero attached hydrogens (tertiary/aromatic N) is 2. The van der Waals surface area contributed by atoms with E-state index in [-0.39, 0.29) is 11.6 Å². The molecule has 1 heterocycles. The van der Waals surface area contributed by atoms with Gasteiger partial charge in [-0.05, 0) is 58.3 Å². The van der Waals surface area contributed by atoms with Gasteiger partial charge >= 0.3 is 0 Å². The quantitative estimate of drug-likeness (QED) is 0.663. The number of pyridine rings is 1. The number of aromatic nitrogens is 1. The number of ether oxygens (including phenoxy) is 1. The normalized spacial score (nSPS) is 10.5. The van der Waals surface area contributed by atoms with Gasteiger partial charge in [0.05, 0.1) is 12.3 Å². The number of nitrogens with one attached hydrogen (secondary N) is 2. The molecule has 0 aliphatic heterocycles. The second-order valence-electron chi connectivity index (χ2n) is 6.23. The second-order valence-corrected chi connectivity index (χ2v) is 6.23. The van der Waals surface area contributed by atoms with Crippen molar-refractivity contribution in [3.05, 3.63) is 53.9 Å². The molecule has 0 atom stereocenters. The highest BCUT2D eigenvalue weighted by molar-refractivity contribution is 6.05. The van der Waals surface area contributed by atoms with Crippen LogP contribution in [-0.2, 0) is 0 Å². The van der Waals surface area contributed by atoms with Crippen LogP contribution in [0.15, 0.2) is 42.6 Å². The monoisotopic (exact) mass is 370 g/mol. The first-order valence-corrected chi connectivity index (χ1v) is 8.93. The van der Waals surface area contributed by atoms with Crippen molar-refractivity contribution in [2.45, 2.75) is 13.3 Å². The molecular formula is C20H26N4O3. The fourth-order valence-electron chi connectivity index (χ4n) is 2.43. The highest BCUT2D eigenvalue weighted by Crippen LogP contribution is 2.24. The molecule has 7 heteroatoms. The van der Waals surface area contributed by atoms with E-state index >= 15 is 0 Å². The van der Waals surface area contributed by atoms with Gasteiger partial charge in [-0.1, -0.05) is 12.1 Å². The van der Waals surface area contributed by atoms with E-state index in [9.17, 15) is 9.59 Å². The maximum absolute atomic E-state index is 12.5. The molecule has 27 heavy (non-hydrogen) atoms. The summed E-state index contributed by atoms with van der Waals surface area (Å²) in [6.45, 7) is 3.83. The molecule has 0 unspecified atom stereocenters. The third-order valence-corrected chi connectivity index (χ3v) is 3.76. The molecule has 0 aliphatic rings. The summed E-state index contributed by atoms with van der Waals surface area (Å²) in [5.74, 6) is -0.0347. The van der Waals surface area contributed by atoms with Gasteiger partial charge in [0, 0.05) is 18.3 Å². The molecule has 0 aliphatic carbocycles. The molecular weight excluding hydrogens is 344 g/mol. The fourth-order valence-corrected chi connectivity index (χ4v) is 2.43. The Kier molecular flexibility index (Phi) is 7.76. The number of hydrogen-bond donors (Lipinski definition) is 2. The average molecular weight is 370 g/mol. The lowest BCUT2D eigenvalue weighted by molar-refractivity contribution is 0.0952. The lowest BCUT2D eigenvalue weighted by atomic mass is 10.2. The van der Waals surface area contributed by atoms with Gasteiger partial charge < -0.3 is 20.3 Å². The Morgan fingerprint density at radius 3 is 2.67 bits per heavy atom. The van der Waals surface area contributed by atoms with E-state index in [0.717, 1.165) is 13.0 Å². The summed E-state index contributed by atoms with van der Waals surface area (Å²) in [4.78, 5) is 30.9. The summed E-state index contributed by atoms with van der Waals surface area (Å²) >= 11 is 0. The molecule has 2 amide bonds. The van der Waals surface area contributed by atoms with E-state index in [1.54, 1.807) is 18.2 Å². The van der Waals surface area contributed by atoms with E-state index in [1.165, 1.54) is 12.3 Å². The van der Waals surface area contributed by atoms with Crippen molar-refractivity contribution in [1.82, 2.24) is 15.2 Å². The van der Waals surface area contributed by atoms with Gasteiger partial charge in [-0.15, -0.1) is 0 Å². The van der Waals surface area contributed by atoms with Crippen molar-refractivity contribution in [1.29, 1.82) is 0 Å². The van der Waals surface area contributed by atoms with Crippen LogP contribution in [0.1, 0.15) is 34.2 Å². The zero-order valence-corrected chi connectivity index (χ0v) is 16.0. The molecule has 2 N–H and O–H groups in total. The number of rotatable bonds is 9. The van der Waals surface area contributed by atoms with Crippen molar-refractivity contribution in [3.8, 4) is 5.75 Å². The topological polar surface area (TPSA) is 83.6 Å². The van der Waals surface area contributed by atoms with Crippen molar-refractivity contribution in [2.75, 3.05) is 39.1 Å². The van der Waals surface area contributed by atoms with Crippen LogP contribution in [0.2, 0.25) is 0 Å². The van der Waals surface area contributed by atoms with Crippen LogP contribution in [0.4, 0.5) is 5.69 Å². The third-order valence-electron chi connectivity index (χ3n) is 3.76. The van der Waals surface area contributed by atoms with Crippen LogP contribution >= 0.6 is 0 Å². The van der Waals surface area contributed by atoms with E-state index in [2.05, 4.69) is 20.5 Å². The number of benzene rings is 1. The van der Waals surface area contributed by atoms with Crippen LogP contribution in [0.3, 0.4) is 0 Å². The summed E-state index contributed by atoms with van der Waals surface area (Å²) in [7, 11) is 3.97. The minimum absolute atomic E-state index is 0.169. The van der Waals surface area contributed by atoms with Crippen molar-refractivity contribution in [3.63, 3.8) is 0 Å². The van der Waals surface area contributed by atoms with Crippen LogP contribution in [0, 0.1) is 0 Å². The number of carbonyl (C=O) groups excluding carboxylic acids is 2. The number of carbonyl (C=O) groups is 2. The zero-order chi connectivity index (χ0) is 19.6. The second kappa shape index (κ2) is 10.3. The molecule has 1 aromatic carbocycles. The predicted molar refractivity (Wildman–Crippen MR) is 105 cm³/mol. The molecule has 0 saturated heterocycles. The number of amides is 2. The van der Waals surface area contributed by atoms with Gasteiger partial charge in [0.25, 0.3) is 11.8 Å². The van der Waals surface area contributed by atoms with Crippen LogP contribution < -0.4 is 15.4 Å². The molecule has 0 fully saturated rings. The van der Waals surface area contributed by atoms with Crippen LogP contribution in [0.25, 0.3) is 0 Å². The van der Waals surface area contributed by atoms with E-state index in [4.69, 9.17) is 4.74 Å². The van der Waals surface area contributed by atoms with Crippen LogP contribution in [0.5, 0.6) is 5.75 Å². The molecule has 0 bridgehead atoms. The summed E-state index contributed by atoms with van der Waals surface area (Å²) in [6, 6.07) is 10.3. The minimum Gasteiger partial charge on any atom is -0.492 e. The molecule has 1 aromatic heterocycles. The fraction of sp³-hybridized carbons (Fsp3) is 0.350. The Morgan fingerprint density at radius 1 is 1.15 bits per heavy atom. The number of hydrogen-bond acceptors (Lipinski definition) is 5. The maximum Gasteiger partial charge on any atom is 0.274 e. The van der Waals surface area contributed by atoms with Gasteiger partial charge in [0.15, 0.2) is 0 Å². The molecule has 7 nitrogen and oxygen atoms in total. The molecule has 0 saturated carbocycles. The minimum atomic E-state index is -0.399.